The highest BCUT2D eigenvalue weighted by Gasteiger charge is 2.22. The zero-order chi connectivity index (χ0) is 17.8. The molecule has 1 aromatic carbocycles. The Hall–Kier alpha value is -1.53. The lowest BCUT2D eigenvalue weighted by Gasteiger charge is -2.19. The lowest BCUT2D eigenvalue weighted by Crippen LogP contribution is -2.13. The van der Waals surface area contributed by atoms with E-state index in [2.05, 4.69) is 17.2 Å². The molecule has 2 atom stereocenters. The summed E-state index contributed by atoms with van der Waals surface area (Å²) in [5, 5.41) is 3.63. The molecule has 1 aromatic heterocycles. The van der Waals surface area contributed by atoms with E-state index in [-0.39, 0.29) is 5.91 Å². The van der Waals surface area contributed by atoms with Gasteiger partial charge in [0.1, 0.15) is 0 Å². The Balaban J connectivity index is 1.69. The van der Waals surface area contributed by atoms with E-state index < -0.39 is 10.8 Å². The highest BCUT2D eigenvalue weighted by Crippen LogP contribution is 2.34. The molecule has 0 fully saturated rings. The van der Waals surface area contributed by atoms with Crippen molar-refractivity contribution in [2.45, 2.75) is 44.8 Å². The lowest BCUT2D eigenvalue weighted by atomic mass is 9.88. The summed E-state index contributed by atoms with van der Waals surface area (Å²) in [7, 11) is -0.919. The SMILES string of the molecule is CCCC1CCc2nc(NC(=O)c3cccc(CS(C)=O)c3)sc2C1. The molecule has 4 nitrogen and oxygen atoms in total. The van der Waals surface area contributed by atoms with Crippen LogP contribution in [0.3, 0.4) is 0 Å². The fraction of sp³-hybridized carbons (Fsp3) is 0.474. The van der Waals surface area contributed by atoms with Crippen LogP contribution in [0.25, 0.3) is 0 Å². The zero-order valence-electron chi connectivity index (χ0n) is 14.7. The maximum absolute atomic E-state index is 12.5. The summed E-state index contributed by atoms with van der Waals surface area (Å²) in [5.41, 5.74) is 2.65. The van der Waals surface area contributed by atoms with Crippen molar-refractivity contribution in [2.24, 2.45) is 5.92 Å². The van der Waals surface area contributed by atoms with Crippen LogP contribution in [-0.4, -0.2) is 21.4 Å². The van der Waals surface area contributed by atoms with Gasteiger partial charge in [-0.2, -0.15) is 0 Å². The molecule has 1 heterocycles. The topological polar surface area (TPSA) is 59.1 Å². The van der Waals surface area contributed by atoms with Gasteiger partial charge in [-0.1, -0.05) is 31.9 Å². The fourth-order valence-corrected chi connectivity index (χ4v) is 5.12. The molecule has 1 aliphatic carbocycles. The number of amides is 1. The monoisotopic (exact) mass is 376 g/mol. The van der Waals surface area contributed by atoms with Gasteiger partial charge in [-0.05, 0) is 42.9 Å². The molecular formula is C19H24N2O2S2. The Kier molecular flexibility index (Phi) is 6.02. The number of hydrogen-bond donors (Lipinski definition) is 1. The normalized spacial score (nSPS) is 17.8. The summed E-state index contributed by atoms with van der Waals surface area (Å²) in [6.07, 6.45) is 7.47. The first-order valence-corrected chi connectivity index (χ1v) is 11.3. The van der Waals surface area contributed by atoms with Gasteiger partial charge in [0, 0.05) is 33.2 Å². The summed E-state index contributed by atoms with van der Waals surface area (Å²) < 4.78 is 11.4. The first-order valence-electron chi connectivity index (χ1n) is 8.74. The van der Waals surface area contributed by atoms with E-state index in [9.17, 15) is 9.00 Å². The minimum Gasteiger partial charge on any atom is -0.298 e. The van der Waals surface area contributed by atoms with E-state index >= 15 is 0 Å². The molecule has 0 aliphatic heterocycles. The molecule has 0 saturated heterocycles. The second-order valence-electron chi connectivity index (χ2n) is 6.66. The van der Waals surface area contributed by atoms with E-state index in [4.69, 9.17) is 0 Å². The summed E-state index contributed by atoms with van der Waals surface area (Å²) in [5.74, 6) is 1.07. The van der Waals surface area contributed by atoms with Crippen molar-refractivity contribution in [1.29, 1.82) is 0 Å². The predicted molar refractivity (Wildman–Crippen MR) is 105 cm³/mol. The molecular weight excluding hydrogens is 352 g/mol. The van der Waals surface area contributed by atoms with Gasteiger partial charge >= 0.3 is 0 Å². The number of aromatic nitrogens is 1. The van der Waals surface area contributed by atoms with Crippen molar-refractivity contribution >= 4 is 33.2 Å². The largest absolute Gasteiger partial charge is 0.298 e. The fourth-order valence-electron chi connectivity index (χ4n) is 3.36. The number of carbonyl (C=O) groups excluding carboxylic acids is 1. The number of benzene rings is 1. The van der Waals surface area contributed by atoms with Gasteiger partial charge in [0.2, 0.25) is 0 Å². The second kappa shape index (κ2) is 8.23. The lowest BCUT2D eigenvalue weighted by molar-refractivity contribution is 0.102. The first kappa shape index (κ1) is 18.3. The molecule has 0 spiro atoms. The number of carbonyl (C=O) groups is 1. The Morgan fingerprint density at radius 1 is 1.44 bits per heavy atom. The summed E-state index contributed by atoms with van der Waals surface area (Å²) >= 11 is 1.61. The smallest absolute Gasteiger partial charge is 0.257 e. The Labute approximate surface area is 155 Å². The molecule has 2 aromatic rings. The maximum atomic E-state index is 12.5. The highest BCUT2D eigenvalue weighted by molar-refractivity contribution is 7.83. The molecule has 0 radical (unpaired) electrons. The van der Waals surface area contributed by atoms with Crippen LogP contribution < -0.4 is 5.32 Å². The minimum atomic E-state index is -0.919. The second-order valence-corrected chi connectivity index (χ2v) is 9.18. The van der Waals surface area contributed by atoms with Crippen molar-refractivity contribution in [3.63, 3.8) is 0 Å². The van der Waals surface area contributed by atoms with Crippen LogP contribution in [0, 0.1) is 5.92 Å². The number of anilines is 1. The Bertz CT molecular complexity index is 785. The van der Waals surface area contributed by atoms with Crippen LogP contribution in [-0.2, 0) is 29.4 Å². The average molecular weight is 377 g/mol. The van der Waals surface area contributed by atoms with Crippen molar-refractivity contribution < 1.29 is 9.00 Å². The van der Waals surface area contributed by atoms with E-state index in [0.29, 0.717) is 16.4 Å². The van der Waals surface area contributed by atoms with E-state index in [1.165, 1.54) is 24.1 Å². The average Bonchev–Trinajstić information content (AvgIpc) is 2.96. The molecule has 6 heteroatoms. The quantitative estimate of drug-likeness (QED) is 0.823. The number of nitrogens with one attached hydrogen (secondary N) is 1. The van der Waals surface area contributed by atoms with Crippen LogP contribution in [0.15, 0.2) is 24.3 Å². The summed E-state index contributed by atoms with van der Waals surface area (Å²) in [4.78, 5) is 18.5. The van der Waals surface area contributed by atoms with Gasteiger partial charge in [-0.3, -0.25) is 14.3 Å². The van der Waals surface area contributed by atoms with Gasteiger partial charge in [0.25, 0.3) is 5.91 Å². The van der Waals surface area contributed by atoms with Gasteiger partial charge in [0.05, 0.1) is 5.69 Å². The predicted octanol–water partition coefficient (Wildman–Crippen LogP) is 4.18. The standard InChI is InChI=1S/C19H24N2O2S2/c1-3-5-13-8-9-16-17(11-13)24-19(20-16)21-18(22)15-7-4-6-14(10-15)12-25(2)23/h4,6-7,10,13H,3,5,8-9,11-12H2,1-2H3,(H,20,21,22). The number of hydrogen-bond acceptors (Lipinski definition) is 4. The molecule has 0 bridgehead atoms. The molecule has 3 rings (SSSR count). The molecule has 0 saturated carbocycles. The van der Waals surface area contributed by atoms with E-state index in [1.54, 1.807) is 23.7 Å². The van der Waals surface area contributed by atoms with Crippen LogP contribution in [0.1, 0.15) is 52.7 Å². The van der Waals surface area contributed by atoms with Gasteiger partial charge in [-0.25, -0.2) is 4.98 Å². The first-order chi connectivity index (χ1) is 12.0. The summed E-state index contributed by atoms with van der Waals surface area (Å²) in [6.45, 7) is 2.23. The van der Waals surface area contributed by atoms with E-state index in [0.717, 1.165) is 30.0 Å². The Morgan fingerprint density at radius 2 is 2.28 bits per heavy atom. The van der Waals surface area contributed by atoms with Crippen LogP contribution >= 0.6 is 11.3 Å². The zero-order valence-corrected chi connectivity index (χ0v) is 16.3. The minimum absolute atomic E-state index is 0.153. The van der Waals surface area contributed by atoms with E-state index in [1.807, 2.05) is 18.2 Å². The van der Waals surface area contributed by atoms with Crippen molar-refractivity contribution in [2.75, 3.05) is 11.6 Å². The van der Waals surface area contributed by atoms with Gasteiger partial charge < -0.3 is 0 Å². The molecule has 25 heavy (non-hydrogen) atoms. The number of nitrogens with zero attached hydrogens (tertiary/aromatic N) is 1. The molecule has 1 N–H and O–H groups in total. The maximum Gasteiger partial charge on any atom is 0.257 e. The number of aryl methyl sites for hydroxylation is 1. The molecule has 1 amide bonds. The third kappa shape index (κ3) is 4.76. The summed E-state index contributed by atoms with van der Waals surface area (Å²) in [6, 6.07) is 7.32. The van der Waals surface area contributed by atoms with Crippen molar-refractivity contribution in [1.82, 2.24) is 4.98 Å². The highest BCUT2D eigenvalue weighted by atomic mass is 32.2. The van der Waals surface area contributed by atoms with Gasteiger partial charge in [0.15, 0.2) is 5.13 Å². The Morgan fingerprint density at radius 3 is 3.04 bits per heavy atom. The van der Waals surface area contributed by atoms with Gasteiger partial charge in [-0.15, -0.1) is 11.3 Å². The third-order valence-corrected chi connectivity index (χ3v) is 6.29. The van der Waals surface area contributed by atoms with Crippen LogP contribution in [0.5, 0.6) is 0 Å². The number of fused-ring (bicyclic) bond motifs is 1. The number of rotatable bonds is 6. The molecule has 134 valence electrons. The number of thiazole rings is 1. The van der Waals surface area contributed by atoms with Crippen LogP contribution in [0.2, 0.25) is 0 Å². The van der Waals surface area contributed by atoms with Crippen molar-refractivity contribution in [3.8, 4) is 0 Å². The van der Waals surface area contributed by atoms with Crippen molar-refractivity contribution in [3.05, 3.63) is 46.0 Å². The molecule has 1 aliphatic rings. The van der Waals surface area contributed by atoms with Crippen LogP contribution in [0.4, 0.5) is 5.13 Å². The molecule has 2 unspecified atom stereocenters. The third-order valence-electron chi connectivity index (χ3n) is 4.52.